The van der Waals surface area contributed by atoms with Crippen LogP contribution >= 0.6 is 0 Å². The second-order valence-corrected chi connectivity index (χ2v) is 5.55. The summed E-state index contributed by atoms with van der Waals surface area (Å²) in [4.78, 5) is 24.0. The minimum Gasteiger partial charge on any atom is -0.375 e. The van der Waals surface area contributed by atoms with Crippen LogP contribution in [0.4, 0.5) is 11.4 Å². The maximum absolute atomic E-state index is 11.9. The molecule has 0 bridgehead atoms. The summed E-state index contributed by atoms with van der Waals surface area (Å²) in [6, 6.07) is 4.38. The lowest BCUT2D eigenvalue weighted by Crippen LogP contribution is -2.30. The van der Waals surface area contributed by atoms with Gasteiger partial charge in [0, 0.05) is 31.3 Å². The Morgan fingerprint density at radius 3 is 2.45 bits per heavy atom. The first-order valence-electron chi connectivity index (χ1n) is 6.46. The molecule has 6 nitrogen and oxygen atoms in total. The van der Waals surface area contributed by atoms with Gasteiger partial charge in [0.2, 0.25) is 0 Å². The van der Waals surface area contributed by atoms with Crippen LogP contribution in [0, 0.1) is 10.1 Å². The lowest BCUT2D eigenvalue weighted by Gasteiger charge is -2.26. The summed E-state index contributed by atoms with van der Waals surface area (Å²) in [5, 5.41) is 14.2. The number of hydrogen-bond donors (Lipinski definition) is 1. The number of rotatable bonds is 5. The van der Waals surface area contributed by atoms with E-state index >= 15 is 0 Å². The topological polar surface area (TPSA) is 75.5 Å². The SMILES string of the molecule is CCC(C)(C)Nc1cc(C(=O)N(C)C)ccc1[N+](=O)[O-]. The van der Waals surface area contributed by atoms with Gasteiger partial charge in [0.1, 0.15) is 5.69 Å². The van der Waals surface area contributed by atoms with E-state index in [0.717, 1.165) is 6.42 Å². The molecule has 20 heavy (non-hydrogen) atoms. The summed E-state index contributed by atoms with van der Waals surface area (Å²) in [5.41, 5.74) is 0.483. The Morgan fingerprint density at radius 2 is 2.00 bits per heavy atom. The molecule has 0 heterocycles. The highest BCUT2D eigenvalue weighted by atomic mass is 16.6. The van der Waals surface area contributed by atoms with Gasteiger partial charge in [-0.2, -0.15) is 0 Å². The van der Waals surface area contributed by atoms with Gasteiger partial charge in [-0.15, -0.1) is 0 Å². The Hall–Kier alpha value is -2.11. The number of carbonyl (C=O) groups is 1. The van der Waals surface area contributed by atoms with Crippen molar-refractivity contribution in [2.75, 3.05) is 19.4 Å². The number of carbonyl (C=O) groups excluding carboxylic acids is 1. The van der Waals surface area contributed by atoms with E-state index in [2.05, 4.69) is 5.32 Å². The first kappa shape index (κ1) is 15.9. The van der Waals surface area contributed by atoms with Crippen LogP contribution in [0.3, 0.4) is 0 Å². The highest BCUT2D eigenvalue weighted by Crippen LogP contribution is 2.29. The van der Waals surface area contributed by atoms with Crippen LogP contribution in [0.1, 0.15) is 37.6 Å². The van der Waals surface area contributed by atoms with Gasteiger partial charge in [-0.25, -0.2) is 0 Å². The van der Waals surface area contributed by atoms with E-state index in [4.69, 9.17) is 0 Å². The molecule has 0 saturated carbocycles. The molecule has 0 fully saturated rings. The van der Waals surface area contributed by atoms with Crippen LogP contribution in [0.25, 0.3) is 0 Å². The third-order valence-corrected chi connectivity index (χ3v) is 3.20. The van der Waals surface area contributed by atoms with Gasteiger partial charge < -0.3 is 10.2 Å². The van der Waals surface area contributed by atoms with Gasteiger partial charge >= 0.3 is 0 Å². The molecule has 0 radical (unpaired) electrons. The zero-order valence-corrected chi connectivity index (χ0v) is 12.6. The van der Waals surface area contributed by atoms with Crippen LogP contribution in [0.2, 0.25) is 0 Å². The third kappa shape index (κ3) is 3.69. The van der Waals surface area contributed by atoms with Crippen molar-refractivity contribution in [3.8, 4) is 0 Å². The molecule has 0 saturated heterocycles. The predicted octanol–water partition coefficient (Wildman–Crippen LogP) is 2.90. The van der Waals surface area contributed by atoms with Crippen molar-refractivity contribution in [1.82, 2.24) is 4.90 Å². The first-order chi connectivity index (χ1) is 9.18. The van der Waals surface area contributed by atoms with Crippen LogP contribution in [-0.4, -0.2) is 35.4 Å². The quantitative estimate of drug-likeness (QED) is 0.664. The third-order valence-electron chi connectivity index (χ3n) is 3.20. The minimum absolute atomic E-state index is 0.0261. The van der Waals surface area contributed by atoms with Crippen molar-refractivity contribution in [2.24, 2.45) is 0 Å². The van der Waals surface area contributed by atoms with E-state index in [-0.39, 0.29) is 17.1 Å². The number of nitrogens with zero attached hydrogens (tertiary/aromatic N) is 2. The van der Waals surface area contributed by atoms with Crippen molar-refractivity contribution in [3.05, 3.63) is 33.9 Å². The number of anilines is 1. The molecular formula is C14H21N3O3. The number of nitro benzene ring substituents is 1. The summed E-state index contributed by atoms with van der Waals surface area (Å²) in [6.45, 7) is 5.90. The smallest absolute Gasteiger partial charge is 0.292 e. The van der Waals surface area contributed by atoms with Crippen molar-refractivity contribution in [1.29, 1.82) is 0 Å². The second kappa shape index (κ2) is 5.90. The maximum Gasteiger partial charge on any atom is 0.292 e. The number of amides is 1. The summed E-state index contributed by atoms with van der Waals surface area (Å²) in [6.07, 6.45) is 0.802. The molecule has 1 amide bonds. The van der Waals surface area contributed by atoms with Gasteiger partial charge in [-0.3, -0.25) is 14.9 Å². The van der Waals surface area contributed by atoms with Crippen LogP contribution < -0.4 is 5.32 Å². The standard InChI is InChI=1S/C14H21N3O3/c1-6-14(2,3)15-11-9-10(13(18)16(4)5)7-8-12(11)17(19)20/h7-9,15H,6H2,1-5H3. The van der Waals surface area contributed by atoms with Crippen molar-refractivity contribution in [3.63, 3.8) is 0 Å². The monoisotopic (exact) mass is 279 g/mol. The van der Waals surface area contributed by atoms with Gasteiger partial charge in [-0.1, -0.05) is 6.92 Å². The molecule has 0 spiro atoms. The number of benzene rings is 1. The van der Waals surface area contributed by atoms with Crippen LogP contribution in [0.15, 0.2) is 18.2 Å². The van der Waals surface area contributed by atoms with E-state index < -0.39 is 4.92 Å². The van der Waals surface area contributed by atoms with Gasteiger partial charge in [-0.05, 0) is 32.4 Å². The average Bonchev–Trinajstić information content (AvgIpc) is 2.36. The fraction of sp³-hybridized carbons (Fsp3) is 0.500. The Kier molecular flexibility index (Phi) is 4.70. The van der Waals surface area contributed by atoms with E-state index in [1.807, 2.05) is 20.8 Å². The molecule has 0 aliphatic carbocycles. The second-order valence-electron chi connectivity index (χ2n) is 5.55. The summed E-state index contributed by atoms with van der Waals surface area (Å²) < 4.78 is 0. The molecule has 1 aromatic rings. The molecule has 1 N–H and O–H groups in total. The fourth-order valence-electron chi connectivity index (χ4n) is 1.64. The lowest BCUT2D eigenvalue weighted by atomic mass is 10.0. The van der Waals surface area contributed by atoms with Crippen molar-refractivity contribution < 1.29 is 9.72 Å². The van der Waals surface area contributed by atoms with E-state index in [1.165, 1.54) is 23.1 Å². The zero-order chi connectivity index (χ0) is 15.5. The normalized spacial score (nSPS) is 11.1. The Morgan fingerprint density at radius 1 is 1.40 bits per heavy atom. The molecule has 110 valence electrons. The fourth-order valence-corrected chi connectivity index (χ4v) is 1.64. The molecule has 0 atom stereocenters. The highest BCUT2D eigenvalue weighted by molar-refractivity contribution is 5.95. The van der Waals surface area contributed by atoms with Gasteiger partial charge in [0.25, 0.3) is 11.6 Å². The minimum atomic E-state index is -0.446. The summed E-state index contributed by atoms with van der Waals surface area (Å²) in [7, 11) is 3.29. The highest BCUT2D eigenvalue weighted by Gasteiger charge is 2.22. The molecule has 0 unspecified atom stereocenters. The molecule has 1 aromatic carbocycles. The van der Waals surface area contributed by atoms with Gasteiger partial charge in [0.15, 0.2) is 0 Å². The number of nitrogens with one attached hydrogen (secondary N) is 1. The van der Waals surface area contributed by atoms with Gasteiger partial charge in [0.05, 0.1) is 4.92 Å². The number of nitro groups is 1. The van der Waals surface area contributed by atoms with E-state index in [0.29, 0.717) is 11.3 Å². The van der Waals surface area contributed by atoms with Crippen molar-refractivity contribution in [2.45, 2.75) is 32.7 Å². The van der Waals surface area contributed by atoms with Crippen LogP contribution in [0.5, 0.6) is 0 Å². The number of hydrogen-bond acceptors (Lipinski definition) is 4. The molecule has 6 heteroatoms. The largest absolute Gasteiger partial charge is 0.375 e. The molecule has 0 aliphatic rings. The maximum atomic E-state index is 11.9. The zero-order valence-electron chi connectivity index (χ0n) is 12.6. The summed E-state index contributed by atoms with van der Waals surface area (Å²) in [5.74, 6) is -0.183. The summed E-state index contributed by atoms with van der Waals surface area (Å²) >= 11 is 0. The Bertz CT molecular complexity index is 524. The first-order valence-corrected chi connectivity index (χ1v) is 6.46. The van der Waals surface area contributed by atoms with E-state index in [1.54, 1.807) is 14.1 Å². The average molecular weight is 279 g/mol. The molecule has 1 rings (SSSR count). The molecule has 0 aliphatic heterocycles. The predicted molar refractivity (Wildman–Crippen MR) is 79.1 cm³/mol. The van der Waals surface area contributed by atoms with E-state index in [9.17, 15) is 14.9 Å². The van der Waals surface area contributed by atoms with Crippen molar-refractivity contribution >= 4 is 17.3 Å². The van der Waals surface area contributed by atoms with Crippen LogP contribution in [-0.2, 0) is 0 Å². The lowest BCUT2D eigenvalue weighted by molar-refractivity contribution is -0.384. The molecular weight excluding hydrogens is 258 g/mol. The Balaban J connectivity index is 3.26. The molecule has 0 aromatic heterocycles. The Labute approximate surface area is 118 Å².